The number of pyridine rings is 1. The number of nitrogens with zero attached hydrogens (tertiary/aromatic N) is 4. The Morgan fingerprint density at radius 3 is 2.89 bits per heavy atom. The van der Waals surface area contributed by atoms with E-state index in [1.54, 1.807) is 6.20 Å². The Morgan fingerprint density at radius 2 is 2.28 bits per heavy atom. The van der Waals surface area contributed by atoms with Gasteiger partial charge in [-0.15, -0.1) is 10.2 Å². The van der Waals surface area contributed by atoms with Gasteiger partial charge in [0.05, 0.1) is 5.75 Å². The molecule has 94 valence electrons. The van der Waals surface area contributed by atoms with Crippen LogP contribution in [-0.2, 0) is 4.79 Å². The summed E-state index contributed by atoms with van der Waals surface area (Å²) in [6.07, 6.45) is 1.65. The number of rotatable bonds is 4. The monoisotopic (exact) mass is 265 g/mol. The van der Waals surface area contributed by atoms with Crippen LogP contribution in [0, 0.1) is 6.92 Å². The number of aliphatic carboxylic acids is 1. The fourth-order valence-electron chi connectivity index (χ4n) is 1.30. The highest BCUT2D eigenvalue weighted by atomic mass is 32.2. The first-order valence-corrected chi connectivity index (χ1v) is 6.04. The van der Waals surface area contributed by atoms with Gasteiger partial charge >= 0.3 is 5.97 Å². The van der Waals surface area contributed by atoms with Gasteiger partial charge in [-0.05, 0) is 19.1 Å². The number of nitrogens with two attached hydrogens (primary N) is 1. The molecule has 0 atom stereocenters. The normalized spacial score (nSPS) is 10.5. The van der Waals surface area contributed by atoms with Crippen LogP contribution in [0.5, 0.6) is 0 Å². The van der Waals surface area contributed by atoms with E-state index in [1.807, 2.05) is 19.1 Å². The molecule has 0 amide bonds. The molecule has 0 spiro atoms. The number of carboxylic acids is 1. The van der Waals surface area contributed by atoms with Crippen molar-refractivity contribution in [1.29, 1.82) is 0 Å². The highest BCUT2D eigenvalue weighted by Crippen LogP contribution is 2.20. The number of aromatic nitrogens is 4. The summed E-state index contributed by atoms with van der Waals surface area (Å²) >= 11 is 1.02. The molecule has 18 heavy (non-hydrogen) atoms. The molecule has 8 heteroatoms. The summed E-state index contributed by atoms with van der Waals surface area (Å²) in [6, 6.07) is 3.68. The molecular weight excluding hydrogens is 254 g/mol. The minimum atomic E-state index is -0.929. The van der Waals surface area contributed by atoms with E-state index < -0.39 is 5.97 Å². The van der Waals surface area contributed by atoms with Crippen LogP contribution >= 0.6 is 11.8 Å². The lowest BCUT2D eigenvalue weighted by molar-refractivity contribution is -0.133. The van der Waals surface area contributed by atoms with Gasteiger partial charge in [0, 0.05) is 17.5 Å². The Kier molecular flexibility index (Phi) is 3.47. The number of carbonyl (C=O) groups is 1. The number of hydrogen-bond donors (Lipinski definition) is 2. The second kappa shape index (κ2) is 5.05. The van der Waals surface area contributed by atoms with Gasteiger partial charge in [-0.1, -0.05) is 11.8 Å². The molecule has 0 bridgehead atoms. The number of nitrogen functional groups attached to an aromatic ring is 1. The highest BCUT2D eigenvalue weighted by Gasteiger charge is 2.13. The summed E-state index contributed by atoms with van der Waals surface area (Å²) in [6.45, 7) is 1.88. The summed E-state index contributed by atoms with van der Waals surface area (Å²) < 4.78 is 1.26. The van der Waals surface area contributed by atoms with Crippen LogP contribution in [0.2, 0.25) is 0 Å². The fourth-order valence-corrected chi connectivity index (χ4v) is 1.88. The molecule has 0 aliphatic rings. The molecule has 0 aromatic carbocycles. The molecule has 0 saturated heterocycles. The SMILES string of the molecule is Cc1ccc(-c2nnc(SCC(=O)O)n2N)cn1. The number of carboxylic acid groups (broad SMARTS) is 1. The van der Waals surface area contributed by atoms with Gasteiger partial charge in [0.2, 0.25) is 5.16 Å². The van der Waals surface area contributed by atoms with Gasteiger partial charge in [0.1, 0.15) is 0 Å². The Bertz CT molecular complexity index is 566. The van der Waals surface area contributed by atoms with Gasteiger partial charge in [-0.3, -0.25) is 9.78 Å². The van der Waals surface area contributed by atoms with Crippen molar-refractivity contribution < 1.29 is 9.90 Å². The van der Waals surface area contributed by atoms with Gasteiger partial charge in [-0.2, -0.15) is 0 Å². The first-order valence-electron chi connectivity index (χ1n) is 5.06. The average molecular weight is 265 g/mol. The lowest BCUT2D eigenvalue weighted by atomic mass is 10.2. The van der Waals surface area contributed by atoms with Gasteiger partial charge in [0.15, 0.2) is 5.82 Å². The van der Waals surface area contributed by atoms with E-state index in [0.29, 0.717) is 11.0 Å². The van der Waals surface area contributed by atoms with Crippen molar-refractivity contribution >= 4 is 17.7 Å². The first kappa shape index (κ1) is 12.4. The summed E-state index contributed by atoms with van der Waals surface area (Å²) in [5, 5.41) is 16.7. The van der Waals surface area contributed by atoms with Gasteiger partial charge in [-0.25, -0.2) is 4.68 Å². The van der Waals surface area contributed by atoms with E-state index in [1.165, 1.54) is 4.68 Å². The Labute approximate surface area is 107 Å². The molecule has 2 heterocycles. The third kappa shape index (κ3) is 2.59. The summed E-state index contributed by atoms with van der Waals surface area (Å²) in [4.78, 5) is 14.6. The van der Waals surface area contributed by atoms with Crippen LogP contribution in [0.25, 0.3) is 11.4 Å². The second-order valence-electron chi connectivity index (χ2n) is 3.55. The maximum Gasteiger partial charge on any atom is 0.313 e. The summed E-state index contributed by atoms with van der Waals surface area (Å²) in [7, 11) is 0. The molecule has 2 aromatic rings. The average Bonchev–Trinajstić information content (AvgIpc) is 2.69. The van der Waals surface area contributed by atoms with Crippen molar-refractivity contribution in [2.75, 3.05) is 11.6 Å². The van der Waals surface area contributed by atoms with Gasteiger partial charge < -0.3 is 10.9 Å². The zero-order valence-electron chi connectivity index (χ0n) is 9.57. The van der Waals surface area contributed by atoms with E-state index >= 15 is 0 Å². The lowest BCUT2D eigenvalue weighted by Crippen LogP contribution is -2.12. The minimum Gasteiger partial charge on any atom is -0.481 e. The van der Waals surface area contributed by atoms with E-state index in [2.05, 4.69) is 15.2 Å². The van der Waals surface area contributed by atoms with Crippen molar-refractivity contribution in [3.63, 3.8) is 0 Å². The standard InChI is InChI=1S/C10H11N5O2S/c1-6-2-3-7(4-12-6)9-13-14-10(15(9)11)18-5-8(16)17/h2-4H,5,11H2,1H3,(H,16,17). The van der Waals surface area contributed by atoms with Crippen LogP contribution in [0.15, 0.2) is 23.5 Å². The molecule has 7 nitrogen and oxygen atoms in total. The topological polar surface area (TPSA) is 107 Å². The quantitative estimate of drug-likeness (QED) is 0.613. The predicted octanol–water partition coefficient (Wildman–Crippen LogP) is 0.539. The van der Waals surface area contributed by atoms with E-state index in [-0.39, 0.29) is 5.75 Å². The van der Waals surface area contributed by atoms with Crippen molar-refractivity contribution in [2.24, 2.45) is 0 Å². The van der Waals surface area contributed by atoms with Crippen LogP contribution < -0.4 is 5.84 Å². The summed E-state index contributed by atoms with van der Waals surface area (Å²) in [5.41, 5.74) is 1.63. The maximum atomic E-state index is 10.5. The number of thioether (sulfide) groups is 1. The summed E-state index contributed by atoms with van der Waals surface area (Å²) in [5.74, 6) is 5.23. The van der Waals surface area contributed by atoms with Crippen LogP contribution in [0.4, 0.5) is 0 Å². The third-order valence-electron chi connectivity index (χ3n) is 2.16. The Morgan fingerprint density at radius 1 is 1.50 bits per heavy atom. The van der Waals surface area contributed by atoms with E-state index in [9.17, 15) is 4.79 Å². The van der Waals surface area contributed by atoms with Gasteiger partial charge in [0.25, 0.3) is 0 Å². The van der Waals surface area contributed by atoms with Crippen LogP contribution in [0.3, 0.4) is 0 Å². The first-order chi connectivity index (χ1) is 8.58. The van der Waals surface area contributed by atoms with E-state index in [0.717, 1.165) is 23.0 Å². The molecule has 0 fully saturated rings. The molecule has 3 N–H and O–H groups in total. The molecular formula is C10H11N5O2S. The Balaban J connectivity index is 2.25. The smallest absolute Gasteiger partial charge is 0.313 e. The Hall–Kier alpha value is -2.09. The number of aryl methyl sites for hydroxylation is 1. The minimum absolute atomic E-state index is 0.110. The molecule has 0 unspecified atom stereocenters. The predicted molar refractivity (Wildman–Crippen MR) is 66.5 cm³/mol. The third-order valence-corrected chi connectivity index (χ3v) is 3.09. The zero-order chi connectivity index (χ0) is 13.1. The maximum absolute atomic E-state index is 10.5. The van der Waals surface area contributed by atoms with E-state index in [4.69, 9.17) is 10.9 Å². The molecule has 2 rings (SSSR count). The molecule has 0 radical (unpaired) electrons. The largest absolute Gasteiger partial charge is 0.481 e. The van der Waals surface area contributed by atoms with Crippen molar-refractivity contribution in [2.45, 2.75) is 12.1 Å². The zero-order valence-corrected chi connectivity index (χ0v) is 10.4. The van der Waals surface area contributed by atoms with Crippen LogP contribution in [0.1, 0.15) is 5.69 Å². The molecule has 0 saturated carbocycles. The number of hydrogen-bond acceptors (Lipinski definition) is 6. The second-order valence-corrected chi connectivity index (χ2v) is 4.49. The molecule has 0 aliphatic carbocycles. The van der Waals surface area contributed by atoms with Crippen molar-refractivity contribution in [3.8, 4) is 11.4 Å². The molecule has 0 aliphatic heterocycles. The lowest BCUT2D eigenvalue weighted by Gasteiger charge is -2.02. The van der Waals surface area contributed by atoms with Crippen LogP contribution in [-0.4, -0.2) is 36.7 Å². The fraction of sp³-hybridized carbons (Fsp3) is 0.200. The van der Waals surface area contributed by atoms with Crippen molar-refractivity contribution in [1.82, 2.24) is 19.9 Å². The molecule has 2 aromatic heterocycles. The van der Waals surface area contributed by atoms with Crippen molar-refractivity contribution in [3.05, 3.63) is 24.0 Å². The highest BCUT2D eigenvalue weighted by molar-refractivity contribution is 7.99.